The highest BCUT2D eigenvalue weighted by Crippen LogP contribution is 2.64. The average molecular weight is 500 g/mol. The van der Waals surface area contributed by atoms with Crippen LogP contribution in [0.25, 0.3) is 0 Å². The van der Waals surface area contributed by atoms with Crippen molar-refractivity contribution in [3.05, 3.63) is 35.9 Å². The fraction of sp³-hybridized carbons (Fsp3) is 0.679. The minimum Gasteiger partial charge on any atom is -0.394 e. The van der Waals surface area contributed by atoms with Crippen molar-refractivity contribution in [2.45, 2.75) is 89.6 Å². The molecule has 1 aromatic carbocycles. The van der Waals surface area contributed by atoms with E-state index in [0.29, 0.717) is 12.8 Å². The molecule has 0 saturated carbocycles. The van der Waals surface area contributed by atoms with Gasteiger partial charge >= 0.3 is 0 Å². The number of carbonyl (C=O) groups is 3. The summed E-state index contributed by atoms with van der Waals surface area (Å²) in [6.07, 6.45) is 1.80. The lowest BCUT2D eigenvalue weighted by Gasteiger charge is -2.40. The van der Waals surface area contributed by atoms with Crippen molar-refractivity contribution in [3.63, 3.8) is 0 Å². The number of carbonyl (C=O) groups excluding carboxylic acids is 3. The molecule has 36 heavy (non-hydrogen) atoms. The van der Waals surface area contributed by atoms with Crippen molar-refractivity contribution >= 4 is 17.7 Å². The minimum absolute atomic E-state index is 0.0272. The predicted octanol–water partition coefficient (Wildman–Crippen LogP) is 2.56. The average Bonchev–Trinajstić information content (AvgIpc) is 3.34. The van der Waals surface area contributed by atoms with Gasteiger partial charge < -0.3 is 25.4 Å². The molecule has 2 bridgehead atoms. The molecule has 3 N–H and O–H groups in total. The quantitative estimate of drug-likeness (QED) is 0.535. The fourth-order valence-corrected chi connectivity index (χ4v) is 7.36. The molecule has 3 aliphatic rings. The first kappa shape index (κ1) is 26.6. The second kappa shape index (κ2) is 8.84. The van der Waals surface area contributed by atoms with E-state index in [2.05, 4.69) is 31.4 Å². The Labute approximate surface area is 214 Å². The van der Waals surface area contributed by atoms with E-state index in [1.54, 1.807) is 7.05 Å². The van der Waals surface area contributed by atoms with Crippen molar-refractivity contribution in [1.82, 2.24) is 15.5 Å². The lowest BCUT2D eigenvalue weighted by atomic mass is 9.66. The Kier molecular flexibility index (Phi) is 6.53. The summed E-state index contributed by atoms with van der Waals surface area (Å²) >= 11 is 0. The van der Waals surface area contributed by atoms with Crippen LogP contribution in [0, 0.1) is 17.3 Å². The first-order chi connectivity index (χ1) is 16.7. The second-order valence-corrected chi connectivity index (χ2v) is 12.8. The number of fused-ring (bicyclic) bond motifs is 1. The van der Waals surface area contributed by atoms with Crippen molar-refractivity contribution in [2.24, 2.45) is 17.3 Å². The molecule has 198 valence electrons. The number of hydrogen-bond acceptors (Lipinski definition) is 5. The minimum atomic E-state index is -1.13. The number of likely N-dealkylation sites (tertiary alicyclic amines) is 1. The molecule has 0 aliphatic carbocycles. The van der Waals surface area contributed by atoms with Crippen LogP contribution in [0.1, 0.15) is 72.4 Å². The maximum Gasteiger partial charge on any atom is 0.246 e. The van der Waals surface area contributed by atoms with Gasteiger partial charge in [-0.2, -0.15) is 0 Å². The van der Waals surface area contributed by atoms with Crippen molar-refractivity contribution < 1.29 is 24.2 Å². The van der Waals surface area contributed by atoms with E-state index in [0.717, 1.165) is 12.0 Å². The number of ether oxygens (including phenoxy) is 1. The van der Waals surface area contributed by atoms with Gasteiger partial charge in [-0.1, -0.05) is 51.1 Å². The van der Waals surface area contributed by atoms with Gasteiger partial charge in [-0.05, 0) is 51.0 Å². The van der Waals surface area contributed by atoms with Crippen LogP contribution in [0.5, 0.6) is 0 Å². The van der Waals surface area contributed by atoms with Crippen LogP contribution >= 0.6 is 0 Å². The van der Waals surface area contributed by atoms with Gasteiger partial charge in [0, 0.05) is 12.6 Å². The Bertz CT molecular complexity index is 1040. The van der Waals surface area contributed by atoms with Crippen LogP contribution in [0.3, 0.4) is 0 Å². The van der Waals surface area contributed by atoms with E-state index >= 15 is 0 Å². The number of rotatable bonds is 7. The first-order valence-corrected chi connectivity index (χ1v) is 12.9. The Morgan fingerprint density at radius 1 is 1.14 bits per heavy atom. The molecule has 0 aromatic heterocycles. The summed E-state index contributed by atoms with van der Waals surface area (Å²) in [6, 6.07) is 7.53. The largest absolute Gasteiger partial charge is 0.394 e. The van der Waals surface area contributed by atoms with Crippen molar-refractivity contribution in [1.29, 1.82) is 0 Å². The molecule has 8 nitrogen and oxygen atoms in total. The number of nitrogens with zero attached hydrogens (tertiary/aromatic N) is 1. The number of benzene rings is 1. The topological polar surface area (TPSA) is 108 Å². The summed E-state index contributed by atoms with van der Waals surface area (Å²) in [5.74, 6) is -2.39. The van der Waals surface area contributed by atoms with Crippen molar-refractivity contribution in [2.75, 3.05) is 13.7 Å². The van der Waals surface area contributed by atoms with Gasteiger partial charge in [0.15, 0.2) is 0 Å². The van der Waals surface area contributed by atoms with Gasteiger partial charge in [0.2, 0.25) is 17.7 Å². The zero-order chi connectivity index (χ0) is 26.7. The molecule has 1 spiro atoms. The zero-order valence-corrected chi connectivity index (χ0v) is 22.6. The summed E-state index contributed by atoms with van der Waals surface area (Å²) in [7, 11) is 1.56. The maximum atomic E-state index is 14.2. The van der Waals surface area contributed by atoms with Crippen LogP contribution in [-0.2, 0) is 19.1 Å². The highest BCUT2D eigenvalue weighted by molar-refractivity contribution is 5.99. The predicted molar refractivity (Wildman–Crippen MR) is 136 cm³/mol. The second-order valence-electron chi connectivity index (χ2n) is 12.8. The molecule has 3 fully saturated rings. The van der Waals surface area contributed by atoms with E-state index in [1.807, 2.05) is 51.1 Å². The van der Waals surface area contributed by atoms with Gasteiger partial charge in [0.1, 0.15) is 11.6 Å². The van der Waals surface area contributed by atoms with E-state index in [4.69, 9.17) is 4.74 Å². The molecule has 0 radical (unpaired) electrons. The van der Waals surface area contributed by atoms with Gasteiger partial charge in [0.05, 0.1) is 30.1 Å². The molecule has 4 rings (SSSR count). The standard InChI is InChI=1S/C28H41N3O5/c1-25(2,3)16-26(4,5)30-23(34)21-28-14-13-27(6,36-28)19(22(33)29-7)20(28)24(35)31(21)18(15-32)17-11-9-8-10-12-17/h8-12,18-21,32H,13-16H2,1-7H3,(H,29,33)(H,30,34)/t18-,19-,20+,21?,27+,28?/m1/s1. The summed E-state index contributed by atoms with van der Waals surface area (Å²) in [5, 5.41) is 16.4. The summed E-state index contributed by atoms with van der Waals surface area (Å²) in [5.41, 5.74) is -1.80. The van der Waals surface area contributed by atoms with E-state index in [9.17, 15) is 19.5 Å². The van der Waals surface area contributed by atoms with Crippen LogP contribution in [0.2, 0.25) is 0 Å². The molecule has 3 aliphatic heterocycles. The van der Waals surface area contributed by atoms with Gasteiger partial charge in [-0.3, -0.25) is 14.4 Å². The lowest BCUT2D eigenvalue weighted by molar-refractivity contribution is -0.150. The molecular formula is C28H41N3O5. The number of aliphatic hydroxyl groups excluding tert-OH is 1. The highest BCUT2D eigenvalue weighted by atomic mass is 16.5. The normalized spacial score (nSPS) is 32.4. The molecule has 1 aromatic rings. The van der Waals surface area contributed by atoms with Gasteiger partial charge in [0.25, 0.3) is 0 Å². The SMILES string of the molecule is CNC(=O)[C@H]1[C@H]2C(=O)N([C@H](CO)c3ccccc3)C(C(=O)NC(C)(C)CC(C)(C)C)C23CC[C@]1(C)O3. The molecule has 6 atom stereocenters. The molecule has 3 saturated heterocycles. The third-order valence-corrected chi connectivity index (χ3v) is 8.12. The van der Waals surface area contributed by atoms with E-state index < -0.39 is 40.7 Å². The molecule has 3 amide bonds. The number of hydrogen-bond donors (Lipinski definition) is 3. The van der Waals surface area contributed by atoms with Crippen LogP contribution < -0.4 is 10.6 Å². The lowest BCUT2D eigenvalue weighted by Crippen LogP contribution is -2.60. The molecule has 2 unspecified atom stereocenters. The fourth-order valence-electron chi connectivity index (χ4n) is 7.36. The van der Waals surface area contributed by atoms with Gasteiger partial charge in [-0.15, -0.1) is 0 Å². The molecule has 3 heterocycles. The molecular weight excluding hydrogens is 458 g/mol. The van der Waals surface area contributed by atoms with E-state index in [-0.39, 0.29) is 29.7 Å². The van der Waals surface area contributed by atoms with Crippen LogP contribution in [-0.4, -0.2) is 64.2 Å². The maximum absolute atomic E-state index is 14.2. The monoisotopic (exact) mass is 499 g/mol. The Morgan fingerprint density at radius 2 is 1.78 bits per heavy atom. The summed E-state index contributed by atoms with van der Waals surface area (Å²) in [6.45, 7) is 11.8. The third kappa shape index (κ3) is 4.22. The first-order valence-electron chi connectivity index (χ1n) is 12.9. The van der Waals surface area contributed by atoms with Crippen LogP contribution in [0.15, 0.2) is 30.3 Å². The Hall–Kier alpha value is -2.45. The number of amides is 3. The Balaban J connectivity index is 1.81. The van der Waals surface area contributed by atoms with Crippen LogP contribution in [0.4, 0.5) is 0 Å². The summed E-state index contributed by atoms with van der Waals surface area (Å²) in [4.78, 5) is 42.9. The number of nitrogens with one attached hydrogen (secondary N) is 2. The third-order valence-electron chi connectivity index (χ3n) is 8.12. The smallest absolute Gasteiger partial charge is 0.246 e. The Morgan fingerprint density at radius 3 is 2.33 bits per heavy atom. The summed E-state index contributed by atoms with van der Waals surface area (Å²) < 4.78 is 6.62. The molecule has 8 heteroatoms. The number of aliphatic hydroxyl groups is 1. The van der Waals surface area contributed by atoms with Crippen molar-refractivity contribution in [3.8, 4) is 0 Å². The highest BCUT2D eigenvalue weighted by Gasteiger charge is 2.78. The van der Waals surface area contributed by atoms with Gasteiger partial charge in [-0.25, -0.2) is 0 Å². The van der Waals surface area contributed by atoms with E-state index in [1.165, 1.54) is 4.90 Å². The zero-order valence-electron chi connectivity index (χ0n) is 22.6.